The van der Waals surface area contributed by atoms with Crippen LogP contribution in [-0.2, 0) is 9.53 Å². The van der Waals surface area contributed by atoms with Crippen LogP contribution in [0.25, 0.3) is 0 Å². The summed E-state index contributed by atoms with van der Waals surface area (Å²) in [5.41, 5.74) is 1.44. The largest absolute Gasteiger partial charge is 0.465 e. The van der Waals surface area contributed by atoms with Crippen molar-refractivity contribution in [2.75, 3.05) is 30.4 Å². The normalized spacial score (nSPS) is 13.8. The van der Waals surface area contributed by atoms with Crippen LogP contribution in [0.1, 0.15) is 16.8 Å². The van der Waals surface area contributed by atoms with Crippen molar-refractivity contribution in [1.82, 2.24) is 9.97 Å². The lowest BCUT2D eigenvalue weighted by molar-refractivity contribution is -0.113. The fourth-order valence-corrected chi connectivity index (χ4v) is 2.59. The first kappa shape index (κ1) is 16.6. The Hall–Kier alpha value is -3.22. The summed E-state index contributed by atoms with van der Waals surface area (Å²) < 4.78 is 4.74. The first-order valence-corrected chi connectivity index (χ1v) is 7.88. The lowest BCUT2D eigenvalue weighted by Crippen LogP contribution is -2.32. The zero-order valence-electron chi connectivity index (χ0n) is 13.8. The van der Waals surface area contributed by atoms with Gasteiger partial charge in [0.15, 0.2) is 0 Å². The van der Waals surface area contributed by atoms with Gasteiger partial charge in [0.05, 0.1) is 18.4 Å². The molecule has 2 aromatic rings. The number of rotatable bonds is 4. The molecule has 7 heteroatoms. The van der Waals surface area contributed by atoms with E-state index in [-0.39, 0.29) is 5.91 Å². The summed E-state index contributed by atoms with van der Waals surface area (Å²) in [6.07, 6.45) is 5.82. The Kier molecular flexibility index (Phi) is 5.03. The highest BCUT2D eigenvalue weighted by atomic mass is 16.5. The molecule has 0 spiro atoms. The average molecular weight is 338 g/mol. The lowest BCUT2D eigenvalue weighted by atomic mass is 10.1. The fraction of sp³-hybridized carbons (Fsp3) is 0.222. The Bertz CT molecular complexity index is 805. The number of aromatic nitrogens is 2. The number of anilines is 2. The number of nitrogens with zero attached hydrogens (tertiary/aromatic N) is 3. The molecule has 128 valence electrons. The molecular weight excluding hydrogens is 320 g/mol. The third-order valence-corrected chi connectivity index (χ3v) is 3.92. The van der Waals surface area contributed by atoms with Crippen LogP contribution in [0.2, 0.25) is 0 Å². The second-order valence-corrected chi connectivity index (χ2v) is 5.47. The first-order chi connectivity index (χ1) is 12.2. The minimum Gasteiger partial charge on any atom is -0.465 e. The number of methoxy groups -OCH3 is 1. The van der Waals surface area contributed by atoms with Gasteiger partial charge in [-0.1, -0.05) is 18.2 Å². The topological polar surface area (TPSA) is 84.4 Å². The summed E-state index contributed by atoms with van der Waals surface area (Å²) in [7, 11) is 1.31. The number of benzene rings is 1. The van der Waals surface area contributed by atoms with Gasteiger partial charge in [-0.15, -0.1) is 0 Å². The monoisotopic (exact) mass is 338 g/mol. The van der Waals surface area contributed by atoms with Crippen molar-refractivity contribution >= 4 is 23.5 Å². The maximum atomic E-state index is 12.5. The maximum absolute atomic E-state index is 12.5. The van der Waals surface area contributed by atoms with Gasteiger partial charge in [-0.2, -0.15) is 0 Å². The van der Waals surface area contributed by atoms with Gasteiger partial charge in [0.1, 0.15) is 0 Å². The molecule has 0 unspecified atom stereocenters. The van der Waals surface area contributed by atoms with Crippen molar-refractivity contribution in [1.29, 1.82) is 0 Å². The summed E-state index contributed by atoms with van der Waals surface area (Å²) in [5, 5.41) is 2.79. The zero-order chi connectivity index (χ0) is 17.6. The molecule has 2 heterocycles. The van der Waals surface area contributed by atoms with Crippen LogP contribution in [0.3, 0.4) is 0 Å². The van der Waals surface area contributed by atoms with Crippen LogP contribution >= 0.6 is 0 Å². The van der Waals surface area contributed by atoms with Gasteiger partial charge in [0.25, 0.3) is 5.91 Å². The Balaban J connectivity index is 1.69. The number of nitrogens with one attached hydrogen (secondary N) is 1. The molecule has 1 aromatic carbocycles. The summed E-state index contributed by atoms with van der Waals surface area (Å²) in [6, 6.07) is 8.54. The SMILES string of the molecule is COC(=O)c1ccccc1NC(=O)C1=CCN(c2ncccn2)CC1. The number of hydrogen-bond acceptors (Lipinski definition) is 6. The molecule has 0 radical (unpaired) electrons. The maximum Gasteiger partial charge on any atom is 0.339 e. The van der Waals surface area contributed by atoms with E-state index in [4.69, 9.17) is 4.74 Å². The second-order valence-electron chi connectivity index (χ2n) is 5.47. The van der Waals surface area contributed by atoms with Crippen molar-refractivity contribution in [3.63, 3.8) is 0 Å². The van der Waals surface area contributed by atoms with E-state index in [1.807, 2.05) is 11.0 Å². The number of carbonyl (C=O) groups is 2. The van der Waals surface area contributed by atoms with E-state index in [1.54, 1.807) is 42.7 Å². The van der Waals surface area contributed by atoms with E-state index in [9.17, 15) is 9.59 Å². The van der Waals surface area contributed by atoms with Crippen molar-refractivity contribution in [3.05, 3.63) is 59.9 Å². The molecule has 1 aliphatic heterocycles. The van der Waals surface area contributed by atoms with Gasteiger partial charge >= 0.3 is 5.97 Å². The minimum absolute atomic E-state index is 0.218. The molecule has 1 aromatic heterocycles. The van der Waals surface area contributed by atoms with Crippen LogP contribution < -0.4 is 10.2 Å². The van der Waals surface area contributed by atoms with Gasteiger partial charge in [0.2, 0.25) is 5.95 Å². The Morgan fingerprint density at radius 1 is 1.16 bits per heavy atom. The van der Waals surface area contributed by atoms with Crippen molar-refractivity contribution < 1.29 is 14.3 Å². The molecule has 0 saturated carbocycles. The third kappa shape index (κ3) is 3.82. The van der Waals surface area contributed by atoms with Gasteiger partial charge in [-0.25, -0.2) is 14.8 Å². The highest BCUT2D eigenvalue weighted by molar-refractivity contribution is 6.07. The molecule has 0 saturated heterocycles. The second kappa shape index (κ2) is 7.57. The quantitative estimate of drug-likeness (QED) is 0.859. The van der Waals surface area contributed by atoms with Crippen molar-refractivity contribution in [2.45, 2.75) is 6.42 Å². The van der Waals surface area contributed by atoms with Crippen LogP contribution in [0.4, 0.5) is 11.6 Å². The standard InChI is InChI=1S/C18H18N4O3/c1-25-17(24)14-5-2-3-6-15(14)21-16(23)13-7-11-22(12-8-13)18-19-9-4-10-20-18/h2-7,9-10H,8,11-12H2,1H3,(H,21,23). The summed E-state index contributed by atoms with van der Waals surface area (Å²) in [4.78, 5) is 34.7. The number of amides is 1. The number of esters is 1. The molecule has 0 fully saturated rings. The van der Waals surface area contributed by atoms with Gasteiger partial charge < -0.3 is 15.0 Å². The Morgan fingerprint density at radius 2 is 1.92 bits per heavy atom. The highest BCUT2D eigenvalue weighted by Crippen LogP contribution is 2.20. The predicted octanol–water partition coefficient (Wildman–Crippen LogP) is 2.04. The van der Waals surface area contributed by atoms with Crippen LogP contribution in [-0.4, -0.2) is 42.0 Å². The summed E-state index contributed by atoms with van der Waals surface area (Å²) in [6.45, 7) is 1.22. The van der Waals surface area contributed by atoms with E-state index < -0.39 is 5.97 Å². The molecule has 7 nitrogen and oxygen atoms in total. The number of para-hydroxylation sites is 1. The smallest absolute Gasteiger partial charge is 0.339 e. The van der Waals surface area contributed by atoms with Crippen LogP contribution in [0.15, 0.2) is 54.4 Å². The molecular formula is C18H18N4O3. The molecule has 0 atom stereocenters. The van der Waals surface area contributed by atoms with E-state index in [2.05, 4.69) is 15.3 Å². The first-order valence-electron chi connectivity index (χ1n) is 7.88. The van der Waals surface area contributed by atoms with E-state index in [0.29, 0.717) is 42.3 Å². The summed E-state index contributed by atoms with van der Waals surface area (Å²) >= 11 is 0. The molecule has 25 heavy (non-hydrogen) atoms. The number of hydrogen-bond donors (Lipinski definition) is 1. The lowest BCUT2D eigenvalue weighted by Gasteiger charge is -2.25. The van der Waals surface area contributed by atoms with Crippen LogP contribution in [0, 0.1) is 0 Å². The van der Waals surface area contributed by atoms with E-state index >= 15 is 0 Å². The minimum atomic E-state index is -0.485. The average Bonchev–Trinajstić information content (AvgIpc) is 2.68. The third-order valence-electron chi connectivity index (χ3n) is 3.92. The zero-order valence-corrected chi connectivity index (χ0v) is 13.8. The number of carbonyl (C=O) groups excluding carboxylic acids is 2. The van der Waals surface area contributed by atoms with Gasteiger partial charge in [-0.05, 0) is 24.6 Å². The molecule has 3 rings (SSSR count). The van der Waals surface area contributed by atoms with Crippen molar-refractivity contribution in [2.24, 2.45) is 0 Å². The number of ether oxygens (including phenoxy) is 1. The molecule has 0 aliphatic carbocycles. The van der Waals surface area contributed by atoms with E-state index in [1.165, 1.54) is 7.11 Å². The molecule has 1 N–H and O–H groups in total. The summed E-state index contributed by atoms with van der Waals surface area (Å²) in [5.74, 6) is -0.0554. The van der Waals surface area contributed by atoms with Gasteiger partial charge in [-0.3, -0.25) is 4.79 Å². The molecule has 1 aliphatic rings. The molecule has 1 amide bonds. The highest BCUT2D eigenvalue weighted by Gasteiger charge is 2.20. The molecule has 0 bridgehead atoms. The van der Waals surface area contributed by atoms with Crippen molar-refractivity contribution in [3.8, 4) is 0 Å². The fourth-order valence-electron chi connectivity index (χ4n) is 2.59. The Morgan fingerprint density at radius 3 is 2.60 bits per heavy atom. The Labute approximate surface area is 145 Å². The predicted molar refractivity (Wildman–Crippen MR) is 93.4 cm³/mol. The van der Waals surface area contributed by atoms with E-state index in [0.717, 1.165) is 0 Å². The van der Waals surface area contributed by atoms with Crippen LogP contribution in [0.5, 0.6) is 0 Å². The van der Waals surface area contributed by atoms with Gasteiger partial charge in [0, 0.05) is 31.1 Å².